The lowest BCUT2D eigenvalue weighted by molar-refractivity contribution is -0.119. The zero-order valence-electron chi connectivity index (χ0n) is 17.4. The van der Waals surface area contributed by atoms with Gasteiger partial charge in [-0.05, 0) is 6.42 Å². The van der Waals surface area contributed by atoms with Crippen LogP contribution in [0.4, 0.5) is 14.6 Å². The third-order valence-electron chi connectivity index (χ3n) is 5.49. The van der Waals surface area contributed by atoms with Gasteiger partial charge in [-0.1, -0.05) is 11.6 Å². The van der Waals surface area contributed by atoms with E-state index >= 15 is 4.39 Å². The lowest BCUT2D eigenvalue weighted by Gasteiger charge is -2.16. The van der Waals surface area contributed by atoms with E-state index in [0.717, 1.165) is 0 Å². The molecule has 3 N–H and O–H groups in total. The van der Waals surface area contributed by atoms with Crippen LogP contribution in [-0.4, -0.2) is 42.6 Å². The molecule has 5 rings (SSSR count). The van der Waals surface area contributed by atoms with Gasteiger partial charge in [0, 0.05) is 24.1 Å². The number of imidazole rings is 1. The number of rotatable bonds is 5. The van der Waals surface area contributed by atoms with E-state index in [4.69, 9.17) is 11.6 Å². The van der Waals surface area contributed by atoms with Crippen LogP contribution in [0.5, 0.6) is 0 Å². The largest absolute Gasteiger partial charge is 0.337 e. The summed E-state index contributed by atoms with van der Waals surface area (Å²) < 4.78 is 30.1. The minimum Gasteiger partial charge on any atom is -0.337 e. The number of fused-ring (bicyclic) bond motifs is 2. The molecule has 1 fully saturated rings. The van der Waals surface area contributed by atoms with Crippen molar-refractivity contribution in [3.8, 4) is 17.3 Å². The first-order valence-electron chi connectivity index (χ1n) is 10.1. The number of nitrogens with one attached hydrogen (secondary N) is 3. The molecule has 2 amide bonds. The molecule has 1 saturated carbocycles. The summed E-state index contributed by atoms with van der Waals surface area (Å²) in [6, 6.07) is 0.558. The maximum absolute atomic E-state index is 15.4. The van der Waals surface area contributed by atoms with E-state index in [-0.39, 0.29) is 39.6 Å². The SMILES string of the molecule is CC(=O)NC(C#N)c1c(F)c(Cl)c(-c2cn3cc(NC(=O)C4CC4F)nc3cn2)c2cn[nH]c12. The molecule has 1 aromatic carbocycles. The number of hydrogen-bond acceptors (Lipinski definition) is 6. The average Bonchev–Trinajstić information content (AvgIpc) is 3.17. The van der Waals surface area contributed by atoms with Crippen molar-refractivity contribution in [1.82, 2.24) is 29.9 Å². The number of aromatic nitrogens is 5. The van der Waals surface area contributed by atoms with Crippen molar-refractivity contribution in [2.24, 2.45) is 5.92 Å². The molecule has 0 radical (unpaired) electrons. The molecule has 10 nitrogen and oxygen atoms in total. The molecule has 3 unspecified atom stereocenters. The van der Waals surface area contributed by atoms with Gasteiger partial charge in [0.25, 0.3) is 0 Å². The quantitative estimate of drug-likeness (QED) is 0.397. The fourth-order valence-corrected chi connectivity index (χ4v) is 4.07. The molecule has 3 atom stereocenters. The highest BCUT2D eigenvalue weighted by molar-refractivity contribution is 6.35. The van der Waals surface area contributed by atoms with Crippen molar-refractivity contribution >= 4 is 45.8 Å². The molecule has 34 heavy (non-hydrogen) atoms. The number of benzene rings is 1. The number of hydrogen-bond donors (Lipinski definition) is 3. The topological polar surface area (TPSA) is 141 Å². The second kappa shape index (κ2) is 8.03. The molecular formula is C21H15ClF2N8O2. The number of halogens is 3. The van der Waals surface area contributed by atoms with Crippen LogP contribution in [0.3, 0.4) is 0 Å². The number of carbonyl (C=O) groups is 2. The van der Waals surface area contributed by atoms with Crippen LogP contribution >= 0.6 is 11.6 Å². The van der Waals surface area contributed by atoms with Crippen LogP contribution in [0.15, 0.2) is 24.8 Å². The van der Waals surface area contributed by atoms with Gasteiger partial charge in [-0.15, -0.1) is 0 Å². The van der Waals surface area contributed by atoms with Gasteiger partial charge in [0.2, 0.25) is 11.8 Å². The van der Waals surface area contributed by atoms with Crippen molar-refractivity contribution in [2.45, 2.75) is 25.6 Å². The zero-order valence-corrected chi connectivity index (χ0v) is 18.2. The second-order valence-corrected chi connectivity index (χ2v) is 8.23. The summed E-state index contributed by atoms with van der Waals surface area (Å²) in [4.78, 5) is 32.0. The number of H-pyrrole nitrogens is 1. The molecule has 3 heterocycles. The van der Waals surface area contributed by atoms with Gasteiger partial charge in [0.1, 0.15) is 12.2 Å². The predicted octanol–water partition coefficient (Wildman–Crippen LogP) is 3.06. The summed E-state index contributed by atoms with van der Waals surface area (Å²) in [7, 11) is 0. The summed E-state index contributed by atoms with van der Waals surface area (Å²) in [6.07, 6.45) is 4.94. The van der Waals surface area contributed by atoms with Crippen LogP contribution in [0.2, 0.25) is 5.02 Å². The minimum absolute atomic E-state index is 0.140. The third-order valence-corrected chi connectivity index (χ3v) is 5.85. The summed E-state index contributed by atoms with van der Waals surface area (Å²) >= 11 is 6.39. The number of carbonyl (C=O) groups excluding carboxylic acids is 2. The maximum Gasteiger partial charge on any atom is 0.231 e. The van der Waals surface area contributed by atoms with E-state index in [1.54, 1.807) is 4.40 Å². The van der Waals surface area contributed by atoms with Crippen LogP contribution in [0.25, 0.3) is 27.8 Å². The molecule has 3 aromatic heterocycles. The highest BCUT2D eigenvalue weighted by Crippen LogP contribution is 2.40. The molecule has 13 heteroatoms. The van der Waals surface area contributed by atoms with Gasteiger partial charge in [-0.25, -0.2) is 13.8 Å². The fourth-order valence-electron chi connectivity index (χ4n) is 3.77. The van der Waals surface area contributed by atoms with E-state index in [1.807, 2.05) is 6.07 Å². The third kappa shape index (κ3) is 3.60. The summed E-state index contributed by atoms with van der Waals surface area (Å²) in [5.74, 6) is -2.31. The van der Waals surface area contributed by atoms with Crippen LogP contribution in [-0.2, 0) is 9.59 Å². The highest BCUT2D eigenvalue weighted by atomic mass is 35.5. The molecule has 0 aliphatic heterocycles. The van der Waals surface area contributed by atoms with E-state index < -0.39 is 35.8 Å². The van der Waals surface area contributed by atoms with Crippen molar-refractivity contribution in [1.29, 1.82) is 5.26 Å². The number of alkyl halides is 1. The van der Waals surface area contributed by atoms with Crippen molar-refractivity contribution in [3.63, 3.8) is 0 Å². The second-order valence-electron chi connectivity index (χ2n) is 7.85. The molecule has 0 spiro atoms. The minimum atomic E-state index is -1.29. The first-order chi connectivity index (χ1) is 16.3. The fraction of sp³-hybridized carbons (Fsp3) is 0.238. The molecule has 172 valence electrons. The Morgan fingerprint density at radius 1 is 1.38 bits per heavy atom. The monoisotopic (exact) mass is 484 g/mol. The first-order valence-corrected chi connectivity index (χ1v) is 10.5. The highest BCUT2D eigenvalue weighted by Gasteiger charge is 2.43. The van der Waals surface area contributed by atoms with Gasteiger partial charge < -0.3 is 15.0 Å². The first kappa shape index (κ1) is 21.7. The van der Waals surface area contributed by atoms with Crippen molar-refractivity contribution in [3.05, 3.63) is 41.2 Å². The Labute approximate surface area is 194 Å². The normalized spacial score (nSPS) is 18.0. The molecular weight excluding hydrogens is 470 g/mol. The summed E-state index contributed by atoms with van der Waals surface area (Å²) in [5, 5.41) is 21.1. The molecule has 0 saturated heterocycles. The molecule has 1 aliphatic rings. The number of nitrogens with zero attached hydrogens (tertiary/aromatic N) is 5. The van der Waals surface area contributed by atoms with Crippen LogP contribution in [0.1, 0.15) is 24.9 Å². The maximum atomic E-state index is 15.4. The molecule has 4 aromatic rings. The number of aromatic amines is 1. The number of anilines is 1. The molecule has 0 bridgehead atoms. The van der Waals surface area contributed by atoms with E-state index in [1.165, 1.54) is 31.7 Å². The Bertz CT molecular complexity index is 1520. The van der Waals surface area contributed by atoms with Gasteiger partial charge in [-0.2, -0.15) is 10.4 Å². The Morgan fingerprint density at radius 2 is 2.15 bits per heavy atom. The summed E-state index contributed by atoms with van der Waals surface area (Å²) in [5.41, 5.74) is 0.912. The predicted molar refractivity (Wildman–Crippen MR) is 117 cm³/mol. The standard InChI is InChI=1S/C21H15ClF2N8O2/c1-8(33)28-12(3-25)17-19(24)18(22)16(10-4-27-31-20(10)17)13-6-32-7-14(29-15(32)5-26-13)30-21(34)9-2-11(9)23/h4-7,9,11-12H,2H2,1H3,(H,27,31)(H,28,33)(H,30,34). The Balaban J connectivity index is 1.58. The molecule has 1 aliphatic carbocycles. The lowest BCUT2D eigenvalue weighted by atomic mass is 9.98. The number of amides is 2. The van der Waals surface area contributed by atoms with Crippen molar-refractivity contribution < 1.29 is 18.4 Å². The Kier molecular flexibility index (Phi) is 5.13. The average molecular weight is 485 g/mol. The van der Waals surface area contributed by atoms with Crippen LogP contribution < -0.4 is 10.6 Å². The van der Waals surface area contributed by atoms with Gasteiger partial charge >= 0.3 is 0 Å². The summed E-state index contributed by atoms with van der Waals surface area (Å²) in [6.45, 7) is 1.21. The zero-order chi connectivity index (χ0) is 24.1. The lowest BCUT2D eigenvalue weighted by Crippen LogP contribution is -2.26. The number of nitriles is 1. The van der Waals surface area contributed by atoms with E-state index in [2.05, 4.69) is 30.8 Å². The van der Waals surface area contributed by atoms with Gasteiger partial charge in [0.05, 0.1) is 52.4 Å². The van der Waals surface area contributed by atoms with Crippen molar-refractivity contribution in [2.75, 3.05) is 5.32 Å². The van der Waals surface area contributed by atoms with Gasteiger partial charge in [-0.3, -0.25) is 19.7 Å². The van der Waals surface area contributed by atoms with E-state index in [0.29, 0.717) is 11.0 Å². The van der Waals surface area contributed by atoms with Crippen LogP contribution in [0, 0.1) is 23.1 Å². The smallest absolute Gasteiger partial charge is 0.231 e. The Morgan fingerprint density at radius 3 is 2.82 bits per heavy atom. The Hall–Kier alpha value is -4.11. The van der Waals surface area contributed by atoms with E-state index in [9.17, 15) is 19.2 Å². The van der Waals surface area contributed by atoms with Gasteiger partial charge in [0.15, 0.2) is 17.3 Å².